The lowest BCUT2D eigenvalue weighted by Crippen LogP contribution is -2.43. The molecule has 0 spiro atoms. The summed E-state index contributed by atoms with van der Waals surface area (Å²) in [6, 6.07) is 12.8. The molecule has 6 nitrogen and oxygen atoms in total. The van der Waals surface area contributed by atoms with Crippen LogP contribution in [0.4, 0.5) is 4.79 Å². The highest BCUT2D eigenvalue weighted by atomic mass is 16.6. The molecular formula is C23H33NO5. The number of fused-ring (bicyclic) bond motifs is 1. The number of carbonyl (C=O) groups is 2. The number of hydrogen-bond donors (Lipinski definition) is 1. The van der Waals surface area contributed by atoms with Crippen LogP contribution in [0.25, 0.3) is 10.8 Å². The Labute approximate surface area is 173 Å². The Bertz CT molecular complexity index is 792. The van der Waals surface area contributed by atoms with Crippen molar-refractivity contribution >= 4 is 22.8 Å². The topological polar surface area (TPSA) is 76.1 Å². The molecule has 2 aromatic carbocycles. The third-order valence-electron chi connectivity index (χ3n) is 4.12. The molecule has 1 saturated heterocycles. The van der Waals surface area contributed by atoms with Gasteiger partial charge in [0, 0.05) is 11.9 Å². The SMILES string of the molecule is CC.COC(=O)C1CCCN1C(=O)OC(C)(C)C.Oc1cccc2ccccc12. The number of rotatable bonds is 1. The number of carbonyl (C=O) groups excluding carboxylic acids is 2. The highest BCUT2D eigenvalue weighted by Crippen LogP contribution is 2.23. The first-order valence-corrected chi connectivity index (χ1v) is 9.97. The van der Waals surface area contributed by atoms with Crippen molar-refractivity contribution in [3.05, 3.63) is 42.5 Å². The van der Waals surface area contributed by atoms with Crippen LogP contribution in [0.1, 0.15) is 47.5 Å². The van der Waals surface area contributed by atoms with Gasteiger partial charge in [0.25, 0.3) is 0 Å². The number of hydrogen-bond acceptors (Lipinski definition) is 5. The second kappa shape index (κ2) is 11.3. The summed E-state index contributed by atoms with van der Waals surface area (Å²) >= 11 is 0. The number of aromatic hydroxyl groups is 1. The maximum Gasteiger partial charge on any atom is 0.411 e. The maximum absolute atomic E-state index is 11.8. The Hall–Kier alpha value is -2.76. The summed E-state index contributed by atoms with van der Waals surface area (Å²) in [4.78, 5) is 24.7. The molecule has 1 heterocycles. The van der Waals surface area contributed by atoms with E-state index in [1.54, 1.807) is 26.8 Å². The largest absolute Gasteiger partial charge is 0.507 e. The van der Waals surface area contributed by atoms with Gasteiger partial charge in [-0.05, 0) is 45.1 Å². The zero-order valence-corrected chi connectivity index (χ0v) is 18.3. The van der Waals surface area contributed by atoms with E-state index >= 15 is 0 Å². The third-order valence-corrected chi connectivity index (χ3v) is 4.12. The predicted octanol–water partition coefficient (Wildman–Crippen LogP) is 5.13. The number of methoxy groups -OCH3 is 1. The number of phenols is 1. The molecule has 1 aliphatic heterocycles. The third kappa shape index (κ3) is 7.29. The highest BCUT2D eigenvalue weighted by Gasteiger charge is 2.37. The van der Waals surface area contributed by atoms with E-state index in [4.69, 9.17) is 4.74 Å². The van der Waals surface area contributed by atoms with Crippen LogP contribution in [0.5, 0.6) is 5.75 Å². The summed E-state index contributed by atoms with van der Waals surface area (Å²) in [6.07, 6.45) is 1.01. The van der Waals surface area contributed by atoms with Gasteiger partial charge >= 0.3 is 12.1 Å². The van der Waals surface area contributed by atoms with E-state index in [0.717, 1.165) is 17.2 Å². The van der Waals surface area contributed by atoms with Crippen molar-refractivity contribution in [1.29, 1.82) is 0 Å². The van der Waals surface area contributed by atoms with E-state index in [1.165, 1.54) is 12.0 Å². The van der Waals surface area contributed by atoms with Gasteiger partial charge in [-0.25, -0.2) is 9.59 Å². The molecule has 0 aliphatic carbocycles. The molecular weight excluding hydrogens is 370 g/mol. The fraction of sp³-hybridized carbons (Fsp3) is 0.478. The molecule has 0 bridgehead atoms. The Kier molecular flexibility index (Phi) is 9.45. The number of phenolic OH excluding ortho intramolecular Hbond substituents is 1. The van der Waals surface area contributed by atoms with Gasteiger partial charge in [-0.1, -0.05) is 50.2 Å². The van der Waals surface area contributed by atoms with Crippen LogP contribution in [0.2, 0.25) is 0 Å². The first kappa shape index (κ1) is 24.3. The standard InChI is InChI=1S/C11H19NO4.C10H8O.C2H6/c1-11(2,3)16-10(14)12-7-5-6-8(12)9(13)15-4;11-10-7-3-5-8-4-1-2-6-9(8)10;1-2/h8H,5-7H2,1-4H3;1-7,11H;1-2H3. The van der Waals surface area contributed by atoms with Crippen LogP contribution in [-0.2, 0) is 14.3 Å². The van der Waals surface area contributed by atoms with Crippen molar-refractivity contribution in [2.75, 3.05) is 13.7 Å². The van der Waals surface area contributed by atoms with E-state index in [9.17, 15) is 14.7 Å². The van der Waals surface area contributed by atoms with E-state index in [-0.39, 0.29) is 5.97 Å². The first-order valence-electron chi connectivity index (χ1n) is 9.97. The Balaban J connectivity index is 0.000000280. The van der Waals surface area contributed by atoms with Gasteiger partial charge < -0.3 is 14.6 Å². The zero-order valence-electron chi connectivity index (χ0n) is 18.3. The van der Waals surface area contributed by atoms with Crippen LogP contribution >= 0.6 is 0 Å². The summed E-state index contributed by atoms with van der Waals surface area (Å²) in [5.41, 5.74) is -0.541. The van der Waals surface area contributed by atoms with E-state index in [2.05, 4.69) is 4.74 Å². The summed E-state index contributed by atoms with van der Waals surface area (Å²) in [6.45, 7) is 9.95. The molecule has 0 radical (unpaired) electrons. The van der Waals surface area contributed by atoms with E-state index in [0.29, 0.717) is 18.7 Å². The van der Waals surface area contributed by atoms with Crippen LogP contribution < -0.4 is 0 Å². The number of amides is 1. The summed E-state index contributed by atoms with van der Waals surface area (Å²) < 4.78 is 9.88. The van der Waals surface area contributed by atoms with Gasteiger partial charge in [-0.15, -0.1) is 0 Å². The molecule has 3 rings (SSSR count). The normalized spacial score (nSPS) is 15.5. The van der Waals surface area contributed by atoms with Crippen molar-refractivity contribution in [2.45, 2.75) is 59.1 Å². The lowest BCUT2D eigenvalue weighted by molar-refractivity contribution is -0.145. The smallest absolute Gasteiger partial charge is 0.411 e. The second-order valence-electron chi connectivity index (χ2n) is 7.35. The maximum atomic E-state index is 11.8. The van der Waals surface area contributed by atoms with Gasteiger partial charge in [0.2, 0.25) is 0 Å². The van der Waals surface area contributed by atoms with Crippen LogP contribution in [0.3, 0.4) is 0 Å². The minimum absolute atomic E-state index is 0.350. The predicted molar refractivity (Wildman–Crippen MR) is 115 cm³/mol. The molecule has 160 valence electrons. The second-order valence-corrected chi connectivity index (χ2v) is 7.35. The number of esters is 1. The highest BCUT2D eigenvalue weighted by molar-refractivity contribution is 5.87. The van der Waals surface area contributed by atoms with Crippen molar-refractivity contribution in [3.8, 4) is 5.75 Å². The average molecular weight is 404 g/mol. The first-order chi connectivity index (χ1) is 13.7. The van der Waals surface area contributed by atoms with E-state index in [1.807, 2.05) is 50.2 Å². The lowest BCUT2D eigenvalue weighted by atomic mass is 10.1. The fourth-order valence-electron chi connectivity index (χ4n) is 2.90. The molecule has 1 amide bonds. The minimum atomic E-state index is -0.541. The fourth-order valence-corrected chi connectivity index (χ4v) is 2.90. The number of nitrogens with zero attached hydrogens (tertiary/aromatic N) is 1. The van der Waals surface area contributed by atoms with Gasteiger partial charge in [-0.2, -0.15) is 0 Å². The molecule has 29 heavy (non-hydrogen) atoms. The average Bonchev–Trinajstić information content (AvgIpc) is 3.19. The van der Waals surface area contributed by atoms with Crippen LogP contribution in [0, 0.1) is 0 Å². The molecule has 1 unspecified atom stereocenters. The van der Waals surface area contributed by atoms with Crippen molar-refractivity contribution < 1.29 is 24.2 Å². The number of ether oxygens (including phenoxy) is 2. The quantitative estimate of drug-likeness (QED) is 0.668. The Morgan fingerprint density at radius 2 is 1.69 bits per heavy atom. The van der Waals surface area contributed by atoms with Crippen molar-refractivity contribution in [1.82, 2.24) is 4.90 Å². The number of likely N-dealkylation sites (tertiary alicyclic amines) is 1. The summed E-state index contributed by atoms with van der Waals surface area (Å²) in [7, 11) is 1.33. The van der Waals surface area contributed by atoms with Gasteiger partial charge in [0.05, 0.1) is 7.11 Å². The van der Waals surface area contributed by atoms with Crippen molar-refractivity contribution in [3.63, 3.8) is 0 Å². The Morgan fingerprint density at radius 1 is 1.07 bits per heavy atom. The van der Waals surface area contributed by atoms with Gasteiger partial charge in [0.1, 0.15) is 17.4 Å². The molecule has 1 N–H and O–H groups in total. The van der Waals surface area contributed by atoms with Gasteiger partial charge in [0.15, 0.2) is 0 Å². The summed E-state index contributed by atoms with van der Waals surface area (Å²) in [5.74, 6) is -0.0218. The minimum Gasteiger partial charge on any atom is -0.507 e. The molecule has 1 atom stereocenters. The number of benzene rings is 2. The molecule has 0 aromatic heterocycles. The van der Waals surface area contributed by atoms with E-state index < -0.39 is 17.7 Å². The molecule has 2 aromatic rings. The van der Waals surface area contributed by atoms with Crippen LogP contribution in [0.15, 0.2) is 42.5 Å². The molecule has 0 saturated carbocycles. The van der Waals surface area contributed by atoms with Crippen molar-refractivity contribution in [2.24, 2.45) is 0 Å². The monoisotopic (exact) mass is 403 g/mol. The zero-order chi connectivity index (χ0) is 22.0. The molecule has 1 aliphatic rings. The Morgan fingerprint density at radius 3 is 2.28 bits per heavy atom. The van der Waals surface area contributed by atoms with Crippen LogP contribution in [-0.4, -0.2) is 47.4 Å². The lowest BCUT2D eigenvalue weighted by Gasteiger charge is -2.27. The summed E-state index contributed by atoms with van der Waals surface area (Å²) in [5, 5.41) is 11.4. The molecule has 1 fully saturated rings. The van der Waals surface area contributed by atoms with Gasteiger partial charge in [-0.3, -0.25) is 4.90 Å². The molecule has 6 heteroatoms.